The summed E-state index contributed by atoms with van der Waals surface area (Å²) in [5.41, 5.74) is 4.35. The minimum atomic E-state index is -0.744. The molecule has 282 valence electrons. The van der Waals surface area contributed by atoms with E-state index in [0.717, 1.165) is 47.7 Å². The van der Waals surface area contributed by atoms with Gasteiger partial charge in [-0.25, -0.2) is 9.78 Å². The van der Waals surface area contributed by atoms with Gasteiger partial charge in [-0.2, -0.15) is 0 Å². The molecule has 1 aliphatic carbocycles. The first-order valence-electron chi connectivity index (χ1n) is 19.0. The first kappa shape index (κ1) is 38.3. The van der Waals surface area contributed by atoms with Crippen molar-refractivity contribution in [3.05, 3.63) is 137 Å². The molecule has 4 aromatic carbocycles. The second-order valence-corrected chi connectivity index (χ2v) is 15.1. The van der Waals surface area contributed by atoms with E-state index in [-0.39, 0.29) is 37.0 Å². The molecule has 1 unspecified atom stereocenters. The lowest BCUT2D eigenvalue weighted by atomic mass is 9.87. The van der Waals surface area contributed by atoms with E-state index in [0.29, 0.717) is 24.2 Å². The molecule has 3 atom stereocenters. The Bertz CT molecular complexity index is 2020. The topological polar surface area (TPSA) is 128 Å². The van der Waals surface area contributed by atoms with Crippen LogP contribution in [0.15, 0.2) is 103 Å². The summed E-state index contributed by atoms with van der Waals surface area (Å²) in [5.74, 6) is 0.0670. The van der Waals surface area contributed by atoms with Crippen molar-refractivity contribution in [2.24, 2.45) is 0 Å². The van der Waals surface area contributed by atoms with E-state index in [4.69, 9.17) is 4.74 Å². The quantitative estimate of drug-likeness (QED) is 0.0861. The van der Waals surface area contributed by atoms with E-state index in [2.05, 4.69) is 68.4 Å². The Kier molecular flexibility index (Phi) is 12.4. The molecule has 4 N–H and O–H groups in total. The first-order valence-corrected chi connectivity index (χ1v) is 19.0. The molecule has 3 amide bonds. The van der Waals surface area contributed by atoms with Crippen molar-refractivity contribution in [3.8, 4) is 0 Å². The lowest BCUT2D eigenvalue weighted by Crippen LogP contribution is -2.47. The molecular formula is C44H52N6O4. The normalized spacial score (nSPS) is 15.1. The zero-order chi connectivity index (χ0) is 38.1. The van der Waals surface area contributed by atoms with Crippen LogP contribution in [0.25, 0.3) is 10.8 Å². The molecule has 0 saturated heterocycles. The van der Waals surface area contributed by atoms with Gasteiger partial charge in [-0.3, -0.25) is 14.5 Å². The highest BCUT2D eigenvalue weighted by molar-refractivity contribution is 5.97. The van der Waals surface area contributed by atoms with Gasteiger partial charge in [0.25, 0.3) is 5.91 Å². The maximum atomic E-state index is 14.0. The summed E-state index contributed by atoms with van der Waals surface area (Å²) >= 11 is 0. The number of nitrogens with one attached hydrogen (secondary N) is 4. The van der Waals surface area contributed by atoms with Crippen LogP contribution in [0, 0.1) is 0 Å². The first-order chi connectivity index (χ1) is 26.0. The van der Waals surface area contributed by atoms with Gasteiger partial charge in [-0.05, 0) is 112 Å². The summed E-state index contributed by atoms with van der Waals surface area (Å²) < 4.78 is 5.65. The predicted octanol–water partition coefficient (Wildman–Crippen LogP) is 7.92. The van der Waals surface area contributed by atoms with Crippen molar-refractivity contribution in [1.82, 2.24) is 30.8 Å². The van der Waals surface area contributed by atoms with Crippen molar-refractivity contribution >= 4 is 28.7 Å². The highest BCUT2D eigenvalue weighted by Gasteiger charge is 2.26. The number of ether oxygens (including phenoxy) is 1. The summed E-state index contributed by atoms with van der Waals surface area (Å²) in [6.45, 7) is 8.67. The number of amides is 3. The molecule has 1 heterocycles. The van der Waals surface area contributed by atoms with Crippen molar-refractivity contribution in [2.75, 3.05) is 6.54 Å². The van der Waals surface area contributed by atoms with E-state index >= 15 is 0 Å². The number of hydrogen-bond donors (Lipinski definition) is 4. The average molecular weight is 729 g/mol. The van der Waals surface area contributed by atoms with Crippen LogP contribution in [-0.4, -0.2) is 51.0 Å². The minimum absolute atomic E-state index is 0.227. The molecular weight excluding hydrogens is 677 g/mol. The van der Waals surface area contributed by atoms with Gasteiger partial charge in [0.1, 0.15) is 17.5 Å². The molecule has 6 rings (SSSR count). The SMILES string of the molecule is C[C@H](NC(=O)[C@H](CCCNC1CCCc2ccccc21)NC(=O)c1ccc(CN(Cc2ncc[nH]2)C(=O)OC(C)(C)C)cc1)c1cccc2ccccc12. The fourth-order valence-corrected chi connectivity index (χ4v) is 7.14. The number of carbonyl (C=O) groups excluding carboxylic acids is 3. The monoisotopic (exact) mass is 728 g/mol. The maximum absolute atomic E-state index is 14.0. The Hall–Kier alpha value is -5.48. The zero-order valence-corrected chi connectivity index (χ0v) is 31.7. The van der Waals surface area contributed by atoms with Crippen LogP contribution in [-0.2, 0) is 29.0 Å². The lowest BCUT2D eigenvalue weighted by molar-refractivity contribution is -0.123. The number of H-pyrrole nitrogens is 1. The Morgan fingerprint density at radius 2 is 1.69 bits per heavy atom. The molecule has 0 spiro atoms. The van der Waals surface area contributed by atoms with Crippen LogP contribution < -0.4 is 16.0 Å². The molecule has 1 aliphatic rings. The highest BCUT2D eigenvalue weighted by Crippen LogP contribution is 2.29. The number of nitrogens with zero attached hydrogens (tertiary/aromatic N) is 2. The third-order valence-electron chi connectivity index (χ3n) is 9.84. The fraction of sp³-hybridized carbons (Fsp3) is 0.364. The number of aromatic nitrogens is 2. The molecule has 1 aromatic heterocycles. The molecule has 5 aromatic rings. The summed E-state index contributed by atoms with van der Waals surface area (Å²) in [6.07, 6.45) is 7.38. The third kappa shape index (κ3) is 10.1. The van der Waals surface area contributed by atoms with E-state index in [1.807, 2.05) is 64.1 Å². The number of aromatic amines is 1. The smallest absolute Gasteiger partial charge is 0.410 e. The second kappa shape index (κ2) is 17.6. The predicted molar refractivity (Wildman–Crippen MR) is 212 cm³/mol. The van der Waals surface area contributed by atoms with Gasteiger partial charge >= 0.3 is 6.09 Å². The summed E-state index contributed by atoms with van der Waals surface area (Å²) in [7, 11) is 0. The molecule has 0 saturated carbocycles. The summed E-state index contributed by atoms with van der Waals surface area (Å²) in [6, 6.07) is 29.2. The van der Waals surface area contributed by atoms with Crippen LogP contribution in [0.2, 0.25) is 0 Å². The number of fused-ring (bicyclic) bond motifs is 2. The molecule has 0 radical (unpaired) electrons. The van der Waals surface area contributed by atoms with Crippen LogP contribution in [0.3, 0.4) is 0 Å². The van der Waals surface area contributed by atoms with Crippen molar-refractivity contribution in [1.29, 1.82) is 0 Å². The molecule has 0 aliphatic heterocycles. The van der Waals surface area contributed by atoms with Gasteiger partial charge in [0, 0.05) is 30.5 Å². The Labute approximate surface area is 318 Å². The van der Waals surface area contributed by atoms with Gasteiger partial charge in [0.2, 0.25) is 5.91 Å². The van der Waals surface area contributed by atoms with Crippen LogP contribution >= 0.6 is 0 Å². The van der Waals surface area contributed by atoms with E-state index in [1.54, 1.807) is 29.4 Å². The van der Waals surface area contributed by atoms with Crippen molar-refractivity contribution in [3.63, 3.8) is 0 Å². The number of benzene rings is 4. The van der Waals surface area contributed by atoms with Crippen molar-refractivity contribution < 1.29 is 19.1 Å². The maximum Gasteiger partial charge on any atom is 0.410 e. The number of hydrogen-bond acceptors (Lipinski definition) is 6. The Morgan fingerprint density at radius 1 is 0.926 bits per heavy atom. The summed E-state index contributed by atoms with van der Waals surface area (Å²) in [5, 5.41) is 12.1. The molecule has 0 bridgehead atoms. The number of rotatable bonds is 14. The standard InChI is InChI=1S/C44H52N6O4/c1-30(35-18-9-14-32-12-5-7-16-36(32)35)48-42(52)39(20-11-25-45-38-19-10-15-33-13-6-8-17-37(33)38)49-41(51)34-23-21-31(22-24-34)28-50(29-40-46-26-27-47-40)43(53)54-44(2,3)4/h5-9,12-14,16-18,21-24,26-27,30,38-39,45H,10-11,15,19-20,25,28-29H2,1-4H3,(H,46,47)(H,48,52)(H,49,51)/t30-,38?,39-/m0/s1. The highest BCUT2D eigenvalue weighted by atomic mass is 16.6. The zero-order valence-electron chi connectivity index (χ0n) is 31.7. The van der Waals surface area contributed by atoms with Crippen LogP contribution in [0.4, 0.5) is 4.79 Å². The van der Waals surface area contributed by atoms with E-state index in [1.165, 1.54) is 11.1 Å². The molecule has 10 heteroatoms. The third-order valence-corrected chi connectivity index (χ3v) is 9.84. The molecule has 0 fully saturated rings. The Balaban J connectivity index is 1.13. The van der Waals surface area contributed by atoms with Crippen molar-refractivity contribution in [2.45, 2.75) is 96.6 Å². The largest absolute Gasteiger partial charge is 0.444 e. The molecule has 54 heavy (non-hydrogen) atoms. The second-order valence-electron chi connectivity index (χ2n) is 15.1. The van der Waals surface area contributed by atoms with E-state index in [9.17, 15) is 14.4 Å². The minimum Gasteiger partial charge on any atom is -0.444 e. The van der Waals surface area contributed by atoms with Gasteiger partial charge in [0.15, 0.2) is 0 Å². The Morgan fingerprint density at radius 3 is 2.46 bits per heavy atom. The number of imidazole rings is 1. The van der Waals surface area contributed by atoms with E-state index < -0.39 is 17.7 Å². The van der Waals surface area contributed by atoms with Gasteiger partial charge in [0.05, 0.1) is 12.6 Å². The fourth-order valence-electron chi connectivity index (χ4n) is 7.14. The van der Waals surface area contributed by atoms with Gasteiger partial charge < -0.3 is 25.7 Å². The molecule has 10 nitrogen and oxygen atoms in total. The lowest BCUT2D eigenvalue weighted by Gasteiger charge is -2.27. The number of carbonyl (C=O) groups is 3. The van der Waals surface area contributed by atoms with Crippen LogP contribution in [0.5, 0.6) is 0 Å². The average Bonchev–Trinajstić information content (AvgIpc) is 3.68. The van der Waals surface area contributed by atoms with Gasteiger partial charge in [-0.1, -0.05) is 78.9 Å². The summed E-state index contributed by atoms with van der Waals surface area (Å²) in [4.78, 5) is 49.6. The number of aryl methyl sites for hydroxylation is 1. The van der Waals surface area contributed by atoms with Crippen LogP contribution in [0.1, 0.15) is 104 Å². The van der Waals surface area contributed by atoms with Gasteiger partial charge in [-0.15, -0.1) is 0 Å².